The van der Waals surface area contributed by atoms with Crippen LogP contribution in [0.1, 0.15) is 43.7 Å². The predicted molar refractivity (Wildman–Crippen MR) is 132 cm³/mol. The van der Waals surface area contributed by atoms with Crippen LogP contribution < -0.4 is 10.9 Å². The molecule has 2 heterocycles. The summed E-state index contributed by atoms with van der Waals surface area (Å²) in [5.74, 6) is 0.277. The smallest absolute Gasteiger partial charge is 0.262 e. The van der Waals surface area contributed by atoms with E-state index >= 15 is 0 Å². The van der Waals surface area contributed by atoms with E-state index in [1.165, 1.54) is 17.3 Å². The molecule has 1 N–H and O–H groups in total. The van der Waals surface area contributed by atoms with E-state index in [1.807, 2.05) is 34.9 Å². The van der Waals surface area contributed by atoms with Crippen molar-refractivity contribution in [3.63, 3.8) is 0 Å². The zero-order valence-electron chi connectivity index (χ0n) is 18.8. The first-order valence-electron chi connectivity index (χ1n) is 11.9. The number of rotatable bonds is 7. The number of aromatic nitrogens is 2. The Morgan fingerprint density at radius 1 is 1.03 bits per heavy atom. The van der Waals surface area contributed by atoms with Gasteiger partial charge in [-0.1, -0.05) is 67.1 Å². The van der Waals surface area contributed by atoms with Crippen LogP contribution in [0.5, 0.6) is 0 Å². The van der Waals surface area contributed by atoms with Gasteiger partial charge in [-0.3, -0.25) is 19.1 Å². The molecule has 2 aliphatic rings. The Labute approximate surface area is 198 Å². The Morgan fingerprint density at radius 3 is 2.61 bits per heavy atom. The lowest BCUT2D eigenvalue weighted by Gasteiger charge is -2.19. The SMILES string of the molecule is O=C(CSc1nc2ccccc2c(=O)n1C1CCCC1)NC1CCN(Cc2ccccc2)C1. The molecule has 0 spiro atoms. The van der Waals surface area contributed by atoms with Crippen molar-refractivity contribution in [2.24, 2.45) is 0 Å². The molecule has 1 aliphatic heterocycles. The zero-order chi connectivity index (χ0) is 22.6. The van der Waals surface area contributed by atoms with Crippen molar-refractivity contribution in [3.05, 3.63) is 70.5 Å². The largest absolute Gasteiger partial charge is 0.351 e. The quantitative estimate of drug-likeness (QED) is 0.425. The van der Waals surface area contributed by atoms with Crippen LogP contribution in [0.25, 0.3) is 10.9 Å². The minimum atomic E-state index is 0.00643. The molecule has 1 atom stereocenters. The minimum absolute atomic E-state index is 0.00643. The van der Waals surface area contributed by atoms with Crippen molar-refractivity contribution in [2.45, 2.75) is 55.9 Å². The third kappa shape index (κ3) is 5.14. The normalized spacial score (nSPS) is 19.3. The monoisotopic (exact) mass is 462 g/mol. The summed E-state index contributed by atoms with van der Waals surface area (Å²) >= 11 is 1.38. The molecule has 1 aliphatic carbocycles. The molecule has 2 fully saturated rings. The highest BCUT2D eigenvalue weighted by Crippen LogP contribution is 2.32. The van der Waals surface area contributed by atoms with Crippen molar-refractivity contribution in [3.8, 4) is 0 Å². The van der Waals surface area contributed by atoms with Crippen LogP contribution in [0.4, 0.5) is 0 Å². The Morgan fingerprint density at radius 2 is 1.79 bits per heavy atom. The average Bonchev–Trinajstić information content (AvgIpc) is 3.51. The number of para-hydroxylation sites is 1. The number of nitrogens with zero attached hydrogens (tertiary/aromatic N) is 3. The van der Waals surface area contributed by atoms with Crippen molar-refractivity contribution in [1.82, 2.24) is 19.8 Å². The molecule has 6 nitrogen and oxygen atoms in total. The van der Waals surface area contributed by atoms with Gasteiger partial charge in [0.05, 0.1) is 16.7 Å². The van der Waals surface area contributed by atoms with E-state index in [2.05, 4.69) is 34.5 Å². The number of hydrogen-bond acceptors (Lipinski definition) is 5. The summed E-state index contributed by atoms with van der Waals surface area (Å²) in [6.45, 7) is 2.77. The van der Waals surface area contributed by atoms with E-state index in [0.29, 0.717) is 16.1 Å². The number of carbonyl (C=O) groups excluding carboxylic acids is 1. The molecule has 1 unspecified atom stereocenters. The fourth-order valence-electron chi connectivity index (χ4n) is 5.05. The summed E-state index contributed by atoms with van der Waals surface area (Å²) in [6, 6.07) is 18.3. The molecule has 5 rings (SSSR count). The molecule has 172 valence electrons. The van der Waals surface area contributed by atoms with Gasteiger partial charge in [0.2, 0.25) is 5.91 Å². The summed E-state index contributed by atoms with van der Waals surface area (Å²) < 4.78 is 1.85. The van der Waals surface area contributed by atoms with E-state index < -0.39 is 0 Å². The molecular formula is C26H30N4O2S. The lowest BCUT2D eigenvalue weighted by Crippen LogP contribution is -2.38. The highest BCUT2D eigenvalue weighted by atomic mass is 32.2. The average molecular weight is 463 g/mol. The molecule has 1 saturated carbocycles. The van der Waals surface area contributed by atoms with Gasteiger partial charge >= 0.3 is 0 Å². The second-order valence-electron chi connectivity index (χ2n) is 9.09. The molecule has 33 heavy (non-hydrogen) atoms. The van der Waals surface area contributed by atoms with Crippen molar-refractivity contribution in [1.29, 1.82) is 0 Å². The maximum Gasteiger partial charge on any atom is 0.262 e. The molecular weight excluding hydrogens is 432 g/mol. The zero-order valence-corrected chi connectivity index (χ0v) is 19.6. The van der Waals surface area contributed by atoms with Gasteiger partial charge in [0.15, 0.2) is 5.16 Å². The van der Waals surface area contributed by atoms with Gasteiger partial charge in [0, 0.05) is 31.7 Å². The van der Waals surface area contributed by atoms with E-state index in [4.69, 9.17) is 4.98 Å². The highest BCUT2D eigenvalue weighted by Gasteiger charge is 2.26. The first-order valence-corrected chi connectivity index (χ1v) is 12.9. The minimum Gasteiger partial charge on any atom is -0.351 e. The standard InChI is InChI=1S/C26H30N4O2S/c31-24(27-20-14-15-29(17-20)16-19-8-2-1-3-9-19)18-33-26-28-23-13-7-6-12-22(23)25(32)30(26)21-10-4-5-11-21/h1-3,6-9,12-13,20-21H,4-5,10-11,14-18H2,(H,27,31). The molecule has 7 heteroatoms. The van der Waals surface area contributed by atoms with E-state index in [1.54, 1.807) is 0 Å². The van der Waals surface area contributed by atoms with E-state index in [0.717, 1.165) is 51.7 Å². The molecule has 3 aromatic rings. The molecule has 2 aromatic carbocycles. The number of carbonyl (C=O) groups is 1. The summed E-state index contributed by atoms with van der Waals surface area (Å²) in [4.78, 5) is 33.2. The number of amides is 1. The molecule has 1 saturated heterocycles. The fourth-order valence-corrected chi connectivity index (χ4v) is 5.92. The number of thioether (sulfide) groups is 1. The number of fused-ring (bicyclic) bond motifs is 1. The third-order valence-corrected chi connectivity index (χ3v) is 7.64. The Kier molecular flexibility index (Phi) is 6.78. The first-order chi connectivity index (χ1) is 16.2. The van der Waals surface area contributed by atoms with Gasteiger partial charge in [-0.05, 0) is 37.0 Å². The van der Waals surface area contributed by atoms with Crippen molar-refractivity contribution in [2.75, 3.05) is 18.8 Å². The van der Waals surface area contributed by atoms with Gasteiger partial charge in [0.25, 0.3) is 5.56 Å². The van der Waals surface area contributed by atoms with Gasteiger partial charge in [0.1, 0.15) is 0 Å². The third-order valence-electron chi connectivity index (χ3n) is 6.68. The van der Waals surface area contributed by atoms with Crippen LogP contribution in [-0.4, -0.2) is 45.2 Å². The van der Waals surface area contributed by atoms with E-state index in [-0.39, 0.29) is 29.3 Å². The molecule has 1 amide bonds. The predicted octanol–water partition coefficient (Wildman–Crippen LogP) is 3.99. The lowest BCUT2D eigenvalue weighted by molar-refractivity contribution is -0.119. The van der Waals surface area contributed by atoms with Crippen LogP contribution in [-0.2, 0) is 11.3 Å². The van der Waals surface area contributed by atoms with Crippen LogP contribution in [0.2, 0.25) is 0 Å². The van der Waals surface area contributed by atoms with Crippen LogP contribution in [0, 0.1) is 0 Å². The number of hydrogen-bond donors (Lipinski definition) is 1. The Bertz CT molecular complexity index is 1170. The van der Waals surface area contributed by atoms with Crippen molar-refractivity contribution >= 4 is 28.6 Å². The second kappa shape index (κ2) is 10.1. The van der Waals surface area contributed by atoms with Gasteiger partial charge in [-0.2, -0.15) is 0 Å². The second-order valence-corrected chi connectivity index (χ2v) is 10.0. The summed E-state index contributed by atoms with van der Waals surface area (Å²) in [5.41, 5.74) is 2.02. The summed E-state index contributed by atoms with van der Waals surface area (Å²) in [6.07, 6.45) is 5.23. The maximum absolute atomic E-state index is 13.2. The Balaban J connectivity index is 1.23. The van der Waals surface area contributed by atoms with Gasteiger partial charge < -0.3 is 5.32 Å². The summed E-state index contributed by atoms with van der Waals surface area (Å²) in [5, 5.41) is 4.51. The Hall–Kier alpha value is -2.64. The van der Waals surface area contributed by atoms with E-state index in [9.17, 15) is 9.59 Å². The fraction of sp³-hybridized carbons (Fsp3) is 0.423. The first kappa shape index (κ1) is 22.2. The van der Waals surface area contributed by atoms with Crippen LogP contribution in [0.3, 0.4) is 0 Å². The molecule has 0 radical (unpaired) electrons. The number of likely N-dealkylation sites (tertiary alicyclic amines) is 1. The highest BCUT2D eigenvalue weighted by molar-refractivity contribution is 7.99. The van der Waals surface area contributed by atoms with Gasteiger partial charge in [-0.15, -0.1) is 0 Å². The van der Waals surface area contributed by atoms with Crippen LogP contribution >= 0.6 is 11.8 Å². The summed E-state index contributed by atoms with van der Waals surface area (Å²) in [7, 11) is 0. The molecule has 0 bridgehead atoms. The maximum atomic E-state index is 13.2. The van der Waals surface area contributed by atoms with Gasteiger partial charge in [-0.25, -0.2) is 4.98 Å². The number of benzene rings is 2. The topological polar surface area (TPSA) is 67.2 Å². The molecule has 1 aromatic heterocycles. The van der Waals surface area contributed by atoms with Crippen LogP contribution in [0.15, 0.2) is 64.5 Å². The number of nitrogens with one attached hydrogen (secondary N) is 1. The lowest BCUT2D eigenvalue weighted by atomic mass is 10.2. The van der Waals surface area contributed by atoms with Crippen molar-refractivity contribution < 1.29 is 4.79 Å².